The maximum absolute atomic E-state index is 10.3. The summed E-state index contributed by atoms with van der Waals surface area (Å²) in [5.74, 6) is -2.82. The van der Waals surface area contributed by atoms with Crippen LogP contribution in [0.2, 0.25) is 0 Å². The molecule has 70 valence electrons. The van der Waals surface area contributed by atoms with Crippen LogP contribution >= 0.6 is 0 Å². The highest BCUT2D eigenvalue weighted by Gasteiger charge is 2.34. The van der Waals surface area contributed by atoms with Gasteiger partial charge >= 0.3 is 11.9 Å². The summed E-state index contributed by atoms with van der Waals surface area (Å²) in [5, 5.41) is 25.7. The third kappa shape index (κ3) is 2.85. The van der Waals surface area contributed by atoms with Gasteiger partial charge < -0.3 is 21.1 Å². The number of nitrogens with two attached hydrogens (primary N) is 1. The topological polar surface area (TPSA) is 121 Å². The molecule has 5 N–H and O–H groups in total. The van der Waals surface area contributed by atoms with Gasteiger partial charge in [-0.1, -0.05) is 0 Å². The molecule has 6 nitrogen and oxygen atoms in total. The largest absolute Gasteiger partial charge is 0.480 e. The molecule has 0 aromatic heterocycles. The van der Waals surface area contributed by atoms with Crippen LogP contribution in [0, 0.1) is 0 Å². The molecule has 0 spiro atoms. The van der Waals surface area contributed by atoms with E-state index >= 15 is 0 Å². The highest BCUT2D eigenvalue weighted by atomic mass is 16.4. The monoisotopic (exact) mass is 177 g/mol. The molecule has 0 aromatic rings. The molecule has 12 heavy (non-hydrogen) atoms. The highest BCUT2D eigenvalue weighted by Crippen LogP contribution is 2.11. The number of aliphatic carboxylic acids is 2. The lowest BCUT2D eigenvalue weighted by atomic mass is 9.98. The zero-order valence-electron chi connectivity index (χ0n) is 6.52. The van der Waals surface area contributed by atoms with Crippen LogP contribution in [0.15, 0.2) is 0 Å². The fourth-order valence-electron chi connectivity index (χ4n) is 0.603. The van der Waals surface area contributed by atoms with Gasteiger partial charge in [0.2, 0.25) is 0 Å². The highest BCUT2D eigenvalue weighted by molar-refractivity contribution is 5.79. The Hall–Kier alpha value is -1.14. The number of aliphatic hydroxyl groups is 1. The minimum atomic E-state index is -2.09. The van der Waals surface area contributed by atoms with Crippen molar-refractivity contribution < 1.29 is 24.9 Å². The van der Waals surface area contributed by atoms with Gasteiger partial charge in [0.1, 0.15) is 6.04 Å². The van der Waals surface area contributed by atoms with Crippen molar-refractivity contribution >= 4 is 11.9 Å². The van der Waals surface area contributed by atoms with Gasteiger partial charge in [0.05, 0.1) is 0 Å². The molecule has 0 bridgehead atoms. The van der Waals surface area contributed by atoms with Crippen LogP contribution < -0.4 is 5.73 Å². The molecule has 0 saturated carbocycles. The fourth-order valence-corrected chi connectivity index (χ4v) is 0.603. The molecule has 0 amide bonds. The predicted octanol–water partition coefficient (Wildman–Crippen LogP) is -1.38. The predicted molar refractivity (Wildman–Crippen MR) is 38.5 cm³/mol. The summed E-state index contributed by atoms with van der Waals surface area (Å²) in [7, 11) is 0. The van der Waals surface area contributed by atoms with E-state index in [-0.39, 0.29) is 0 Å². The van der Waals surface area contributed by atoms with Gasteiger partial charge in [-0.3, -0.25) is 4.79 Å². The first-order valence-electron chi connectivity index (χ1n) is 3.21. The SMILES string of the molecule is C[C@](O)(C[C@H](N)C(=O)O)C(=O)O. The molecule has 0 fully saturated rings. The number of hydrogen-bond acceptors (Lipinski definition) is 4. The van der Waals surface area contributed by atoms with Crippen molar-refractivity contribution in [2.75, 3.05) is 0 Å². The first-order valence-corrected chi connectivity index (χ1v) is 3.21. The average molecular weight is 177 g/mol. The summed E-state index contributed by atoms with van der Waals surface area (Å²) in [6, 6.07) is -1.36. The smallest absolute Gasteiger partial charge is 0.335 e. The number of rotatable bonds is 4. The van der Waals surface area contributed by atoms with E-state index in [0.29, 0.717) is 0 Å². The van der Waals surface area contributed by atoms with E-state index in [2.05, 4.69) is 0 Å². The number of hydrogen-bond donors (Lipinski definition) is 4. The van der Waals surface area contributed by atoms with Crippen LogP contribution in [0.1, 0.15) is 13.3 Å². The number of carboxylic acid groups (broad SMARTS) is 2. The summed E-state index contributed by atoms with van der Waals surface area (Å²) in [6.45, 7) is 0.998. The van der Waals surface area contributed by atoms with Crippen LogP contribution in [0.25, 0.3) is 0 Å². The lowest BCUT2D eigenvalue weighted by molar-refractivity contribution is -0.158. The Morgan fingerprint density at radius 2 is 1.92 bits per heavy atom. The maximum Gasteiger partial charge on any atom is 0.335 e. The van der Waals surface area contributed by atoms with Crippen molar-refractivity contribution in [1.29, 1.82) is 0 Å². The van der Waals surface area contributed by atoms with Crippen molar-refractivity contribution in [1.82, 2.24) is 0 Å². The molecular weight excluding hydrogens is 166 g/mol. The zero-order chi connectivity index (χ0) is 9.94. The third-order valence-electron chi connectivity index (χ3n) is 1.40. The van der Waals surface area contributed by atoms with Crippen LogP contribution in [-0.4, -0.2) is 38.9 Å². The van der Waals surface area contributed by atoms with Crippen LogP contribution in [0.5, 0.6) is 0 Å². The molecule has 0 aliphatic carbocycles. The molecule has 2 atom stereocenters. The normalized spacial score (nSPS) is 17.9. The minimum Gasteiger partial charge on any atom is -0.480 e. The lowest BCUT2D eigenvalue weighted by Gasteiger charge is -2.19. The van der Waals surface area contributed by atoms with E-state index in [9.17, 15) is 9.59 Å². The van der Waals surface area contributed by atoms with Crippen molar-refractivity contribution in [2.45, 2.75) is 25.0 Å². The molecule has 0 radical (unpaired) electrons. The fraction of sp³-hybridized carbons (Fsp3) is 0.667. The van der Waals surface area contributed by atoms with E-state index in [1.54, 1.807) is 0 Å². The molecule has 0 rings (SSSR count). The van der Waals surface area contributed by atoms with Gasteiger partial charge in [-0.15, -0.1) is 0 Å². The van der Waals surface area contributed by atoms with Gasteiger partial charge in [0.15, 0.2) is 5.60 Å². The number of carboxylic acids is 2. The maximum atomic E-state index is 10.3. The third-order valence-corrected chi connectivity index (χ3v) is 1.40. The second kappa shape index (κ2) is 3.51. The summed E-state index contributed by atoms with van der Waals surface area (Å²) >= 11 is 0. The average Bonchev–Trinajstić information content (AvgIpc) is 1.85. The summed E-state index contributed by atoms with van der Waals surface area (Å²) in [6.07, 6.45) is -0.516. The Morgan fingerprint density at radius 3 is 2.17 bits per heavy atom. The van der Waals surface area contributed by atoms with E-state index in [1.165, 1.54) is 0 Å². The van der Waals surface area contributed by atoms with Gasteiger partial charge in [0, 0.05) is 6.42 Å². The first kappa shape index (κ1) is 10.9. The molecule has 0 unspecified atom stereocenters. The lowest BCUT2D eigenvalue weighted by Crippen LogP contribution is -2.44. The van der Waals surface area contributed by atoms with Crippen LogP contribution in [0.3, 0.4) is 0 Å². The Bertz CT molecular complexity index is 200. The quantitative estimate of drug-likeness (QED) is 0.420. The number of carbonyl (C=O) groups is 2. The first-order chi connectivity index (χ1) is 5.27. The molecule has 0 heterocycles. The minimum absolute atomic E-state index is 0.516. The van der Waals surface area contributed by atoms with Crippen molar-refractivity contribution in [3.8, 4) is 0 Å². The Kier molecular flexibility index (Phi) is 3.17. The molecule has 0 aliphatic heterocycles. The molecule has 6 heteroatoms. The zero-order valence-corrected chi connectivity index (χ0v) is 6.52. The van der Waals surface area contributed by atoms with E-state index in [1.807, 2.05) is 0 Å². The Labute approximate surface area is 68.6 Å². The summed E-state index contributed by atoms with van der Waals surface area (Å²) in [4.78, 5) is 20.5. The standard InChI is InChI=1S/C6H11NO5/c1-6(12,5(10)11)2-3(7)4(8)9/h3,12H,2,7H2,1H3,(H,8,9)(H,10,11)/t3-,6-/m0/s1. The van der Waals surface area contributed by atoms with E-state index in [0.717, 1.165) is 6.92 Å². The van der Waals surface area contributed by atoms with Crippen molar-refractivity contribution in [3.63, 3.8) is 0 Å². The van der Waals surface area contributed by atoms with Crippen LogP contribution in [-0.2, 0) is 9.59 Å². The second-order valence-electron chi connectivity index (χ2n) is 2.73. The summed E-state index contributed by atoms with van der Waals surface area (Å²) in [5.41, 5.74) is 2.93. The van der Waals surface area contributed by atoms with Gasteiger partial charge in [-0.2, -0.15) is 0 Å². The molecule has 0 aliphatic rings. The van der Waals surface area contributed by atoms with Crippen molar-refractivity contribution in [2.24, 2.45) is 5.73 Å². The summed E-state index contributed by atoms with van der Waals surface area (Å²) < 4.78 is 0. The van der Waals surface area contributed by atoms with Gasteiger partial charge in [-0.05, 0) is 6.92 Å². The molecular formula is C6H11NO5. The van der Waals surface area contributed by atoms with Gasteiger partial charge in [0.25, 0.3) is 0 Å². The van der Waals surface area contributed by atoms with Crippen LogP contribution in [0.4, 0.5) is 0 Å². The molecule has 0 aromatic carbocycles. The Balaban J connectivity index is 4.24. The van der Waals surface area contributed by atoms with Crippen molar-refractivity contribution in [3.05, 3.63) is 0 Å². The Morgan fingerprint density at radius 1 is 1.50 bits per heavy atom. The molecule has 0 saturated heterocycles. The van der Waals surface area contributed by atoms with Gasteiger partial charge in [-0.25, -0.2) is 4.79 Å². The second-order valence-corrected chi connectivity index (χ2v) is 2.73. The van der Waals surface area contributed by atoms with E-state index in [4.69, 9.17) is 21.1 Å². The van der Waals surface area contributed by atoms with E-state index < -0.39 is 30.0 Å².